The van der Waals surface area contributed by atoms with Crippen LogP contribution in [0.4, 0.5) is 14.7 Å². The highest BCUT2D eigenvalue weighted by Gasteiger charge is 2.32. The van der Waals surface area contributed by atoms with Crippen molar-refractivity contribution in [3.8, 4) is 16.6 Å². The van der Waals surface area contributed by atoms with Crippen molar-refractivity contribution in [1.82, 2.24) is 30.0 Å². The second kappa shape index (κ2) is 13.8. The van der Waals surface area contributed by atoms with Gasteiger partial charge in [0, 0.05) is 25.8 Å². The number of carbonyl (C=O) groups is 2. The van der Waals surface area contributed by atoms with E-state index < -0.39 is 13.0 Å². The minimum Gasteiger partial charge on any atom is -0.333 e. The molecule has 0 spiro atoms. The van der Waals surface area contributed by atoms with Crippen molar-refractivity contribution in [2.24, 2.45) is 5.92 Å². The monoisotopic (exact) mass is 618 g/mol. The molecule has 10 nitrogen and oxygen atoms in total. The molecule has 0 radical (unpaired) electrons. The molecule has 1 atom stereocenters. The Labute approximate surface area is 257 Å². The van der Waals surface area contributed by atoms with Crippen LogP contribution >= 0.6 is 11.3 Å². The number of likely N-dealkylation sites (tertiary alicyclic amines) is 1. The zero-order valence-electron chi connectivity index (χ0n) is 24.3. The Hall–Kier alpha value is -4.54. The summed E-state index contributed by atoms with van der Waals surface area (Å²) >= 11 is 1.28. The fraction of sp³-hybridized carbons (Fsp3) is 0.355. The molecule has 3 aromatic heterocycles. The summed E-state index contributed by atoms with van der Waals surface area (Å²) in [6.07, 6.45) is 2.30. The van der Waals surface area contributed by atoms with Crippen LogP contribution < -0.4 is 10.6 Å². The van der Waals surface area contributed by atoms with E-state index in [0.29, 0.717) is 35.1 Å². The normalized spacial score (nSPS) is 15.3. The van der Waals surface area contributed by atoms with Crippen LogP contribution in [0.1, 0.15) is 41.9 Å². The van der Waals surface area contributed by atoms with Gasteiger partial charge in [-0.2, -0.15) is 10.4 Å². The summed E-state index contributed by atoms with van der Waals surface area (Å²) in [5, 5.41) is 23.3. The summed E-state index contributed by atoms with van der Waals surface area (Å²) < 4.78 is 27.2. The highest BCUT2D eigenvalue weighted by Crippen LogP contribution is 2.29. The Morgan fingerprint density at radius 1 is 1.23 bits per heavy atom. The van der Waals surface area contributed by atoms with Gasteiger partial charge in [-0.15, -0.1) is 16.4 Å². The molecule has 1 aromatic carbocycles. The van der Waals surface area contributed by atoms with E-state index in [2.05, 4.69) is 26.9 Å². The molecule has 0 unspecified atom stereocenters. The van der Waals surface area contributed by atoms with Crippen LogP contribution in [-0.4, -0.2) is 62.0 Å². The molecule has 5 rings (SSSR count). The predicted octanol–water partition coefficient (Wildman–Crippen LogP) is 5.26. The standard InChI is InChI=1S/C31H32F2N8O2S/c1-19(2)13-21(15-34)30(43)40-12-4-5-22(40)18-41-25-8-7-20(16-35-17-28(32)33)14-24(25)37-31(41)38-29(42)27-10-9-26(44-27)23-6-3-11-36-39-23/h3,6-11,13-14,19,22,28,35H,4-5,12,16-18H2,1-2H3,(H,37,38,42)/t22-/m1/s1. The van der Waals surface area contributed by atoms with Crippen molar-refractivity contribution in [2.45, 2.75) is 52.2 Å². The number of fused-ring (bicyclic) bond motifs is 1. The molecule has 13 heteroatoms. The Balaban J connectivity index is 1.44. The molecule has 4 heterocycles. The molecule has 228 valence electrons. The number of aromatic nitrogens is 4. The van der Waals surface area contributed by atoms with Crippen LogP contribution in [-0.2, 0) is 17.9 Å². The van der Waals surface area contributed by atoms with Gasteiger partial charge in [0.1, 0.15) is 17.3 Å². The number of imidazole rings is 1. The largest absolute Gasteiger partial charge is 0.333 e. The molecule has 2 N–H and O–H groups in total. The van der Waals surface area contributed by atoms with Crippen LogP contribution in [0, 0.1) is 17.2 Å². The van der Waals surface area contributed by atoms with Crippen molar-refractivity contribution in [1.29, 1.82) is 5.26 Å². The Morgan fingerprint density at radius 3 is 2.80 bits per heavy atom. The van der Waals surface area contributed by atoms with Crippen molar-refractivity contribution in [3.05, 3.63) is 70.8 Å². The van der Waals surface area contributed by atoms with E-state index in [1.54, 1.807) is 35.4 Å². The average Bonchev–Trinajstić information content (AvgIpc) is 3.75. The number of halogens is 2. The number of thiophene rings is 1. The first-order chi connectivity index (χ1) is 21.2. The smallest absolute Gasteiger partial charge is 0.268 e. The molecule has 44 heavy (non-hydrogen) atoms. The van der Waals surface area contributed by atoms with Crippen molar-refractivity contribution >= 4 is 40.1 Å². The lowest BCUT2D eigenvalue weighted by Crippen LogP contribution is -2.39. The first-order valence-corrected chi connectivity index (χ1v) is 15.1. The second-order valence-electron chi connectivity index (χ2n) is 10.8. The number of nitriles is 1. The lowest BCUT2D eigenvalue weighted by atomic mass is 10.1. The van der Waals surface area contributed by atoms with Gasteiger partial charge < -0.3 is 14.8 Å². The molecule has 0 bridgehead atoms. The Morgan fingerprint density at radius 2 is 2.07 bits per heavy atom. The molecule has 1 fully saturated rings. The summed E-state index contributed by atoms with van der Waals surface area (Å²) in [6.45, 7) is 4.51. The van der Waals surface area contributed by atoms with Gasteiger partial charge in [0.2, 0.25) is 5.95 Å². The molecule has 4 aromatic rings. The van der Waals surface area contributed by atoms with E-state index in [0.717, 1.165) is 28.8 Å². The Kier molecular flexibility index (Phi) is 9.72. The van der Waals surface area contributed by atoms with E-state index in [4.69, 9.17) is 4.98 Å². The maximum atomic E-state index is 13.4. The van der Waals surface area contributed by atoms with E-state index in [1.807, 2.05) is 42.7 Å². The van der Waals surface area contributed by atoms with Gasteiger partial charge in [0.15, 0.2) is 0 Å². The fourth-order valence-electron chi connectivity index (χ4n) is 5.23. The zero-order chi connectivity index (χ0) is 31.2. The van der Waals surface area contributed by atoms with Gasteiger partial charge in [-0.1, -0.05) is 26.0 Å². The molecule has 1 aliphatic rings. The minimum absolute atomic E-state index is 0.0464. The molecular weight excluding hydrogens is 586 g/mol. The van der Waals surface area contributed by atoms with Gasteiger partial charge in [-0.25, -0.2) is 13.8 Å². The summed E-state index contributed by atoms with van der Waals surface area (Å²) in [5.74, 6) is -0.312. The van der Waals surface area contributed by atoms with Crippen molar-refractivity contribution < 1.29 is 18.4 Å². The quantitative estimate of drug-likeness (QED) is 0.173. The first kappa shape index (κ1) is 30.9. The number of hydrogen-bond acceptors (Lipinski definition) is 8. The molecule has 1 saturated heterocycles. The molecule has 2 amide bonds. The molecule has 0 saturated carbocycles. The van der Waals surface area contributed by atoms with Crippen LogP contribution in [0.3, 0.4) is 0 Å². The summed E-state index contributed by atoms with van der Waals surface area (Å²) in [6, 6.07) is 14.4. The number of nitrogens with one attached hydrogen (secondary N) is 2. The third-order valence-electron chi connectivity index (χ3n) is 7.20. The molecule has 0 aliphatic carbocycles. The van der Waals surface area contributed by atoms with Gasteiger partial charge in [-0.3, -0.25) is 14.9 Å². The van der Waals surface area contributed by atoms with Crippen LogP contribution in [0.15, 0.2) is 60.3 Å². The SMILES string of the molecule is CC(C)C=C(C#N)C(=O)N1CCC[C@@H]1Cn1c(NC(=O)c2ccc(-c3cccnn3)s2)nc2cc(CNCC(F)F)ccc21. The summed E-state index contributed by atoms with van der Waals surface area (Å²) in [7, 11) is 0. The lowest BCUT2D eigenvalue weighted by molar-refractivity contribution is -0.127. The van der Waals surface area contributed by atoms with E-state index >= 15 is 0 Å². The predicted molar refractivity (Wildman–Crippen MR) is 164 cm³/mol. The van der Waals surface area contributed by atoms with Gasteiger partial charge >= 0.3 is 0 Å². The van der Waals surface area contributed by atoms with Gasteiger partial charge in [0.25, 0.3) is 18.2 Å². The highest BCUT2D eigenvalue weighted by atomic mass is 32.1. The Bertz CT molecular complexity index is 1710. The number of alkyl halides is 2. The number of allylic oxidation sites excluding steroid dienone is 1. The van der Waals surface area contributed by atoms with Crippen LogP contribution in [0.2, 0.25) is 0 Å². The number of benzene rings is 1. The maximum absolute atomic E-state index is 13.4. The third-order valence-corrected chi connectivity index (χ3v) is 8.31. The number of hydrogen-bond donors (Lipinski definition) is 2. The van der Waals surface area contributed by atoms with E-state index in [9.17, 15) is 23.6 Å². The molecular formula is C31H32F2N8O2S. The average molecular weight is 619 g/mol. The lowest BCUT2D eigenvalue weighted by Gasteiger charge is -2.26. The number of carbonyl (C=O) groups excluding carboxylic acids is 2. The molecule has 1 aliphatic heterocycles. The second-order valence-corrected chi connectivity index (χ2v) is 11.9. The fourth-order valence-corrected chi connectivity index (χ4v) is 6.10. The van der Waals surface area contributed by atoms with E-state index in [1.165, 1.54) is 11.3 Å². The number of rotatable bonds is 11. The number of anilines is 1. The van der Waals surface area contributed by atoms with E-state index in [-0.39, 0.29) is 35.9 Å². The highest BCUT2D eigenvalue weighted by molar-refractivity contribution is 7.17. The first-order valence-electron chi connectivity index (χ1n) is 14.3. The summed E-state index contributed by atoms with van der Waals surface area (Å²) in [5.41, 5.74) is 2.85. The zero-order valence-corrected chi connectivity index (χ0v) is 25.2. The van der Waals surface area contributed by atoms with Gasteiger partial charge in [0.05, 0.1) is 33.4 Å². The minimum atomic E-state index is -2.46. The topological polar surface area (TPSA) is 129 Å². The van der Waals surface area contributed by atoms with Gasteiger partial charge in [-0.05, 0) is 60.7 Å². The van der Waals surface area contributed by atoms with Crippen molar-refractivity contribution in [3.63, 3.8) is 0 Å². The van der Waals surface area contributed by atoms with Crippen molar-refractivity contribution in [2.75, 3.05) is 18.4 Å². The number of nitrogens with zero attached hydrogens (tertiary/aromatic N) is 6. The number of amides is 2. The van der Waals surface area contributed by atoms with Crippen LogP contribution in [0.5, 0.6) is 0 Å². The van der Waals surface area contributed by atoms with Crippen LogP contribution in [0.25, 0.3) is 21.6 Å². The maximum Gasteiger partial charge on any atom is 0.268 e. The third kappa shape index (κ3) is 7.15. The summed E-state index contributed by atoms with van der Waals surface area (Å²) in [4.78, 5) is 34.5.